The molecule has 1 rings (SSSR count). The van der Waals surface area contributed by atoms with E-state index in [4.69, 9.17) is 26.3 Å². The van der Waals surface area contributed by atoms with Crippen molar-refractivity contribution in [3.63, 3.8) is 0 Å². The summed E-state index contributed by atoms with van der Waals surface area (Å²) in [7, 11) is 0. The van der Waals surface area contributed by atoms with Gasteiger partial charge >= 0.3 is 0 Å². The molecule has 0 aliphatic heterocycles. The predicted molar refractivity (Wildman–Crippen MR) is 46.7 cm³/mol. The number of aromatic nitrogens is 2. The van der Waals surface area contributed by atoms with Gasteiger partial charge in [-0.1, -0.05) is 11.6 Å². The molecule has 0 atom stereocenters. The van der Waals surface area contributed by atoms with E-state index in [9.17, 15) is 0 Å². The van der Waals surface area contributed by atoms with E-state index in [1.54, 1.807) is 23.0 Å². The summed E-state index contributed by atoms with van der Waals surface area (Å²) in [6.07, 6.45) is 0. The van der Waals surface area contributed by atoms with Crippen LogP contribution in [0.1, 0.15) is 0 Å². The van der Waals surface area contributed by atoms with E-state index in [2.05, 4.69) is 9.97 Å². The molecule has 0 saturated carbocycles. The predicted octanol–water partition coefficient (Wildman–Crippen LogP) is 2.51. The van der Waals surface area contributed by atoms with Gasteiger partial charge in [-0.15, -0.1) is 0 Å². The zero-order valence-electron chi connectivity index (χ0n) is 4.51. The fourth-order valence-electron chi connectivity index (χ4n) is 0.410. The second-order valence-corrected chi connectivity index (χ2v) is 2.54. The van der Waals surface area contributed by atoms with E-state index in [-0.39, 0.29) is 10.4 Å². The zero-order valence-corrected chi connectivity index (χ0v) is 8.18. The van der Waals surface area contributed by atoms with E-state index in [1.165, 1.54) is 6.07 Å². The van der Waals surface area contributed by atoms with Crippen LogP contribution in [0.5, 0.6) is 5.88 Å². The van der Waals surface area contributed by atoms with Crippen molar-refractivity contribution in [1.82, 2.24) is 9.97 Å². The van der Waals surface area contributed by atoms with Gasteiger partial charge in [0.15, 0.2) is 23.0 Å². The number of hydrogen-bond acceptors (Lipinski definition) is 3. The maximum Gasteiger partial charge on any atom is 0.230 e. The summed E-state index contributed by atoms with van der Waals surface area (Å²) in [4.78, 5) is 7.31. The summed E-state index contributed by atoms with van der Waals surface area (Å²) in [6, 6.07) is 1.47. The largest absolute Gasteiger partial charge is 0.408 e. The molecular formula is C4HCl2IN2O. The van der Waals surface area contributed by atoms with Crippen molar-refractivity contribution in [3.05, 3.63) is 16.5 Å². The highest BCUT2D eigenvalue weighted by molar-refractivity contribution is 14.1. The minimum Gasteiger partial charge on any atom is -0.408 e. The van der Waals surface area contributed by atoms with Crippen LogP contribution in [0.2, 0.25) is 10.4 Å². The molecule has 0 fully saturated rings. The minimum absolute atomic E-state index is 0.0826. The van der Waals surface area contributed by atoms with Crippen LogP contribution in [-0.2, 0) is 0 Å². The van der Waals surface area contributed by atoms with E-state index in [0.717, 1.165) is 0 Å². The highest BCUT2D eigenvalue weighted by atomic mass is 127. The van der Waals surface area contributed by atoms with Gasteiger partial charge in [0.2, 0.25) is 11.2 Å². The molecule has 10 heavy (non-hydrogen) atoms. The average Bonchev–Trinajstić information content (AvgIpc) is 1.85. The van der Waals surface area contributed by atoms with Crippen LogP contribution < -0.4 is 3.07 Å². The molecule has 0 bridgehead atoms. The third-order valence-corrected chi connectivity index (χ3v) is 1.54. The van der Waals surface area contributed by atoms with Gasteiger partial charge < -0.3 is 3.07 Å². The molecule has 0 amide bonds. The van der Waals surface area contributed by atoms with Crippen molar-refractivity contribution in [3.8, 4) is 5.88 Å². The third kappa shape index (κ3) is 2.10. The highest BCUT2D eigenvalue weighted by Crippen LogP contribution is 2.17. The first-order chi connectivity index (χ1) is 4.72. The molecule has 0 aromatic carbocycles. The molecule has 0 aliphatic rings. The summed E-state index contributed by atoms with van der Waals surface area (Å²) in [5.74, 6) is 0.352. The molecule has 0 radical (unpaired) electrons. The maximum absolute atomic E-state index is 5.51. The average molecular weight is 291 g/mol. The van der Waals surface area contributed by atoms with Crippen molar-refractivity contribution in [2.24, 2.45) is 0 Å². The van der Waals surface area contributed by atoms with Crippen LogP contribution in [0.25, 0.3) is 0 Å². The van der Waals surface area contributed by atoms with Gasteiger partial charge in [-0.3, -0.25) is 0 Å². The van der Waals surface area contributed by atoms with Gasteiger partial charge in [0, 0.05) is 6.07 Å². The molecular weight excluding hydrogens is 290 g/mol. The summed E-state index contributed by atoms with van der Waals surface area (Å²) in [6.45, 7) is 0. The normalized spacial score (nSPS) is 9.50. The van der Waals surface area contributed by atoms with E-state index >= 15 is 0 Å². The first-order valence-corrected chi connectivity index (χ1v) is 3.84. The van der Waals surface area contributed by atoms with Gasteiger partial charge in [-0.25, -0.2) is 4.98 Å². The molecule has 1 heterocycles. The van der Waals surface area contributed by atoms with Crippen molar-refractivity contribution in [2.45, 2.75) is 0 Å². The maximum atomic E-state index is 5.51. The highest BCUT2D eigenvalue weighted by Gasteiger charge is 1.99. The second-order valence-electron chi connectivity index (χ2n) is 1.38. The van der Waals surface area contributed by atoms with Gasteiger partial charge in [0.05, 0.1) is 0 Å². The monoisotopic (exact) mass is 290 g/mol. The van der Waals surface area contributed by atoms with Crippen molar-refractivity contribution >= 4 is 46.2 Å². The molecule has 0 N–H and O–H groups in total. The van der Waals surface area contributed by atoms with E-state index in [1.807, 2.05) is 0 Å². The van der Waals surface area contributed by atoms with Crippen LogP contribution in [0.3, 0.4) is 0 Å². The van der Waals surface area contributed by atoms with E-state index < -0.39 is 0 Å². The Labute approximate surface area is 81.4 Å². The van der Waals surface area contributed by atoms with Gasteiger partial charge in [0.1, 0.15) is 5.15 Å². The molecule has 3 nitrogen and oxygen atoms in total. The molecule has 1 aromatic heterocycles. The molecule has 54 valence electrons. The number of hydrogen-bond donors (Lipinski definition) is 0. The smallest absolute Gasteiger partial charge is 0.230 e. The lowest BCUT2D eigenvalue weighted by molar-refractivity contribution is 0.677. The fourth-order valence-corrected chi connectivity index (χ4v) is 1.03. The van der Waals surface area contributed by atoms with Gasteiger partial charge in [-0.2, -0.15) is 4.98 Å². The zero-order chi connectivity index (χ0) is 7.56. The Kier molecular flexibility index (Phi) is 2.94. The standard InChI is InChI=1S/C4HCl2IN2O/c5-2-1-3(10-7)9-4(6)8-2/h1H. The summed E-state index contributed by atoms with van der Waals surface area (Å²) in [5.41, 5.74) is 0. The Bertz CT molecular complexity index is 224. The first kappa shape index (κ1) is 8.29. The Morgan fingerprint density at radius 1 is 1.40 bits per heavy atom. The van der Waals surface area contributed by atoms with Crippen LogP contribution >= 0.6 is 46.2 Å². The topological polar surface area (TPSA) is 35.0 Å². The lowest BCUT2D eigenvalue weighted by Crippen LogP contribution is -1.85. The van der Waals surface area contributed by atoms with Crippen LogP contribution in [0, 0.1) is 0 Å². The lowest BCUT2D eigenvalue weighted by atomic mass is 10.6. The lowest BCUT2D eigenvalue weighted by Gasteiger charge is -1.95. The Morgan fingerprint density at radius 3 is 2.60 bits per heavy atom. The quantitative estimate of drug-likeness (QED) is 0.453. The Balaban J connectivity index is 3.06. The summed E-state index contributed by atoms with van der Waals surface area (Å²) < 4.78 is 4.73. The molecule has 0 spiro atoms. The minimum atomic E-state index is 0.0826. The number of halogens is 3. The van der Waals surface area contributed by atoms with Crippen molar-refractivity contribution in [2.75, 3.05) is 0 Å². The molecule has 0 unspecified atom stereocenters. The number of nitrogens with zero attached hydrogens (tertiary/aromatic N) is 2. The van der Waals surface area contributed by atoms with Crippen LogP contribution in [-0.4, -0.2) is 9.97 Å². The fraction of sp³-hybridized carbons (Fsp3) is 0. The van der Waals surface area contributed by atoms with Gasteiger partial charge in [0.25, 0.3) is 0 Å². The van der Waals surface area contributed by atoms with Gasteiger partial charge in [-0.05, 0) is 11.6 Å². The first-order valence-electron chi connectivity index (χ1n) is 2.21. The molecule has 6 heteroatoms. The number of rotatable bonds is 1. The van der Waals surface area contributed by atoms with E-state index in [0.29, 0.717) is 5.88 Å². The Hall–Kier alpha value is 0.190. The molecule has 0 saturated heterocycles. The van der Waals surface area contributed by atoms with Crippen molar-refractivity contribution in [1.29, 1.82) is 0 Å². The van der Waals surface area contributed by atoms with Crippen LogP contribution in [0.4, 0.5) is 0 Å². The Morgan fingerprint density at radius 2 is 2.10 bits per heavy atom. The summed E-state index contributed by atoms with van der Waals surface area (Å²) >= 11 is 12.6. The molecule has 1 aromatic rings. The third-order valence-electron chi connectivity index (χ3n) is 0.723. The summed E-state index contributed by atoms with van der Waals surface area (Å²) in [5, 5.41) is 0.353. The van der Waals surface area contributed by atoms with Crippen molar-refractivity contribution < 1.29 is 3.07 Å². The van der Waals surface area contributed by atoms with Crippen LogP contribution in [0.15, 0.2) is 6.07 Å². The molecule has 0 aliphatic carbocycles. The second kappa shape index (κ2) is 3.54. The SMILES string of the molecule is Clc1cc(OI)nc(Cl)n1.